The van der Waals surface area contributed by atoms with Crippen molar-refractivity contribution < 1.29 is 19.0 Å². The summed E-state index contributed by atoms with van der Waals surface area (Å²) < 4.78 is 19.0. The number of nitrogens with one attached hydrogen (secondary N) is 2. The third kappa shape index (κ3) is 4.42. The maximum atomic E-state index is 14.1. The Bertz CT molecular complexity index is 598. The third-order valence-corrected chi connectivity index (χ3v) is 5.38. The maximum Gasteiger partial charge on any atom is 0.315 e. The van der Waals surface area contributed by atoms with E-state index < -0.39 is 5.82 Å². The van der Waals surface area contributed by atoms with E-state index in [1.54, 1.807) is 12.1 Å². The Morgan fingerprint density at radius 2 is 2.00 bits per heavy atom. The lowest BCUT2D eigenvalue weighted by molar-refractivity contribution is 0.0258. The highest BCUT2D eigenvalue weighted by atomic mass is 19.1. The summed E-state index contributed by atoms with van der Waals surface area (Å²) in [6.07, 6.45) is 6.44. The van der Waals surface area contributed by atoms with Gasteiger partial charge in [-0.3, -0.25) is 0 Å². The molecule has 1 aromatic carbocycles. The van der Waals surface area contributed by atoms with Gasteiger partial charge in [0.1, 0.15) is 0 Å². The summed E-state index contributed by atoms with van der Waals surface area (Å²) in [5.41, 5.74) is 0.703. The van der Waals surface area contributed by atoms with Crippen molar-refractivity contribution >= 4 is 6.03 Å². The van der Waals surface area contributed by atoms with E-state index in [4.69, 9.17) is 4.74 Å². The molecule has 0 spiro atoms. The van der Waals surface area contributed by atoms with Crippen LogP contribution in [0.4, 0.5) is 9.18 Å². The number of ether oxygens (including phenoxy) is 1. The molecule has 1 aromatic rings. The Morgan fingerprint density at radius 3 is 2.60 bits per heavy atom. The Kier molecular flexibility index (Phi) is 5.78. The SMILES string of the molecule is COc1ccc([C@@H](NC(=O)NC2CCCCC2)C2CC(O)C2)cc1F. The number of carbonyl (C=O) groups is 1. The fraction of sp³-hybridized carbons (Fsp3) is 0.632. The number of rotatable bonds is 5. The molecule has 3 rings (SSSR count). The second-order valence-corrected chi connectivity index (χ2v) is 7.21. The van der Waals surface area contributed by atoms with Crippen LogP contribution in [-0.4, -0.2) is 30.4 Å². The van der Waals surface area contributed by atoms with E-state index in [0.29, 0.717) is 18.4 Å². The molecule has 0 unspecified atom stereocenters. The van der Waals surface area contributed by atoms with E-state index in [2.05, 4.69) is 10.6 Å². The van der Waals surface area contributed by atoms with Crippen LogP contribution >= 0.6 is 0 Å². The highest BCUT2D eigenvalue weighted by Crippen LogP contribution is 2.39. The third-order valence-electron chi connectivity index (χ3n) is 5.38. The van der Waals surface area contributed by atoms with Crippen LogP contribution in [0.25, 0.3) is 0 Å². The number of methoxy groups -OCH3 is 1. The Labute approximate surface area is 147 Å². The van der Waals surface area contributed by atoms with Gasteiger partial charge in [-0.05, 0) is 49.3 Å². The lowest BCUT2D eigenvalue weighted by Gasteiger charge is -2.38. The van der Waals surface area contributed by atoms with E-state index in [0.717, 1.165) is 25.7 Å². The molecule has 0 aromatic heterocycles. The molecule has 1 atom stereocenters. The van der Waals surface area contributed by atoms with Gasteiger partial charge in [0.15, 0.2) is 11.6 Å². The predicted octanol–water partition coefficient (Wildman–Crippen LogP) is 3.28. The predicted molar refractivity (Wildman–Crippen MR) is 93.0 cm³/mol. The number of amides is 2. The Hall–Kier alpha value is -1.82. The minimum absolute atomic E-state index is 0.111. The van der Waals surface area contributed by atoms with Crippen molar-refractivity contribution in [1.29, 1.82) is 0 Å². The number of aliphatic hydroxyl groups is 1. The molecule has 2 fully saturated rings. The van der Waals surface area contributed by atoms with Gasteiger partial charge >= 0.3 is 6.03 Å². The average Bonchev–Trinajstić information content (AvgIpc) is 2.58. The Balaban J connectivity index is 1.69. The maximum absolute atomic E-state index is 14.1. The first-order valence-corrected chi connectivity index (χ1v) is 9.15. The molecule has 138 valence electrons. The molecular weight excluding hydrogens is 323 g/mol. The molecule has 2 aliphatic carbocycles. The van der Waals surface area contributed by atoms with Crippen LogP contribution < -0.4 is 15.4 Å². The summed E-state index contributed by atoms with van der Waals surface area (Å²) >= 11 is 0. The normalized spacial score (nSPS) is 24.9. The molecule has 0 bridgehead atoms. The zero-order valence-electron chi connectivity index (χ0n) is 14.6. The summed E-state index contributed by atoms with van der Waals surface area (Å²) in [5, 5.41) is 15.7. The van der Waals surface area contributed by atoms with Gasteiger partial charge in [-0.1, -0.05) is 25.3 Å². The van der Waals surface area contributed by atoms with Gasteiger partial charge in [0.25, 0.3) is 0 Å². The highest BCUT2D eigenvalue weighted by Gasteiger charge is 2.36. The number of halogens is 1. The molecule has 0 aliphatic heterocycles. The molecule has 6 heteroatoms. The van der Waals surface area contributed by atoms with Crippen molar-refractivity contribution in [3.8, 4) is 5.75 Å². The monoisotopic (exact) mass is 350 g/mol. The quantitative estimate of drug-likeness (QED) is 0.763. The number of urea groups is 1. The first kappa shape index (κ1) is 18.0. The van der Waals surface area contributed by atoms with Crippen molar-refractivity contribution in [2.75, 3.05) is 7.11 Å². The minimum Gasteiger partial charge on any atom is -0.494 e. The average molecular weight is 350 g/mol. The number of carbonyl (C=O) groups excluding carboxylic acids is 1. The van der Waals surface area contributed by atoms with Crippen LogP contribution in [0.2, 0.25) is 0 Å². The molecule has 0 saturated heterocycles. The number of aliphatic hydroxyl groups excluding tert-OH is 1. The molecule has 5 nitrogen and oxygen atoms in total. The fourth-order valence-corrected chi connectivity index (χ4v) is 3.87. The smallest absolute Gasteiger partial charge is 0.315 e. The van der Waals surface area contributed by atoms with Crippen LogP contribution in [0.15, 0.2) is 18.2 Å². The van der Waals surface area contributed by atoms with Gasteiger partial charge in [0, 0.05) is 6.04 Å². The highest BCUT2D eigenvalue weighted by molar-refractivity contribution is 5.75. The largest absolute Gasteiger partial charge is 0.494 e. The van der Waals surface area contributed by atoms with Crippen molar-refractivity contribution in [2.45, 2.75) is 63.1 Å². The van der Waals surface area contributed by atoms with Gasteiger partial charge in [-0.25, -0.2) is 9.18 Å². The summed E-state index contributed by atoms with van der Waals surface area (Å²) in [6, 6.07) is 4.46. The fourth-order valence-electron chi connectivity index (χ4n) is 3.87. The van der Waals surface area contributed by atoms with Crippen molar-refractivity contribution in [3.05, 3.63) is 29.6 Å². The zero-order chi connectivity index (χ0) is 17.8. The van der Waals surface area contributed by atoms with Gasteiger partial charge in [-0.15, -0.1) is 0 Å². The van der Waals surface area contributed by atoms with Crippen LogP contribution in [0.3, 0.4) is 0 Å². The summed E-state index contributed by atoms with van der Waals surface area (Å²) in [6.45, 7) is 0. The number of benzene rings is 1. The first-order valence-electron chi connectivity index (χ1n) is 9.15. The standard InChI is InChI=1S/C19H27FN2O3/c1-25-17-8-7-12(11-16(17)20)18(13-9-15(23)10-13)22-19(24)21-14-5-3-2-4-6-14/h7-8,11,13-15,18,23H,2-6,9-10H2,1H3,(H2,21,22,24)/t13?,15?,18-/m1/s1. The van der Waals surface area contributed by atoms with Gasteiger partial charge in [0.05, 0.1) is 19.3 Å². The van der Waals surface area contributed by atoms with E-state index >= 15 is 0 Å². The summed E-state index contributed by atoms with van der Waals surface area (Å²) in [4.78, 5) is 12.4. The number of hydrogen-bond acceptors (Lipinski definition) is 3. The topological polar surface area (TPSA) is 70.6 Å². The molecule has 25 heavy (non-hydrogen) atoms. The molecule has 0 radical (unpaired) electrons. The van der Waals surface area contributed by atoms with E-state index in [9.17, 15) is 14.3 Å². The minimum atomic E-state index is -0.445. The van der Waals surface area contributed by atoms with Crippen molar-refractivity contribution in [1.82, 2.24) is 10.6 Å². The second kappa shape index (κ2) is 8.04. The molecule has 3 N–H and O–H groups in total. The molecule has 2 saturated carbocycles. The van der Waals surface area contributed by atoms with Crippen molar-refractivity contribution in [3.63, 3.8) is 0 Å². The van der Waals surface area contributed by atoms with Crippen LogP contribution in [0, 0.1) is 11.7 Å². The van der Waals surface area contributed by atoms with Crippen molar-refractivity contribution in [2.24, 2.45) is 5.92 Å². The van der Waals surface area contributed by atoms with Crippen LogP contribution in [-0.2, 0) is 0 Å². The van der Waals surface area contributed by atoms with E-state index in [-0.39, 0.29) is 35.9 Å². The number of hydrogen-bond donors (Lipinski definition) is 3. The zero-order valence-corrected chi connectivity index (χ0v) is 14.6. The van der Waals surface area contributed by atoms with Gasteiger partial charge in [0.2, 0.25) is 0 Å². The molecular formula is C19H27FN2O3. The van der Waals surface area contributed by atoms with Crippen LogP contribution in [0.1, 0.15) is 56.6 Å². The first-order chi connectivity index (χ1) is 12.1. The van der Waals surface area contributed by atoms with Crippen LogP contribution in [0.5, 0.6) is 5.75 Å². The van der Waals surface area contributed by atoms with Gasteiger partial charge < -0.3 is 20.5 Å². The second-order valence-electron chi connectivity index (χ2n) is 7.21. The molecule has 2 amide bonds. The lowest BCUT2D eigenvalue weighted by atomic mass is 9.75. The van der Waals surface area contributed by atoms with E-state index in [1.165, 1.54) is 19.6 Å². The van der Waals surface area contributed by atoms with Gasteiger partial charge in [-0.2, -0.15) is 0 Å². The molecule has 2 aliphatic rings. The van der Waals surface area contributed by atoms with E-state index in [1.807, 2.05) is 0 Å². The summed E-state index contributed by atoms with van der Waals surface area (Å²) in [5.74, 6) is -0.151. The summed E-state index contributed by atoms with van der Waals surface area (Å²) in [7, 11) is 1.42. The lowest BCUT2D eigenvalue weighted by Crippen LogP contribution is -2.48. The Morgan fingerprint density at radius 1 is 1.28 bits per heavy atom. The molecule has 0 heterocycles.